The number of hydrogen-bond acceptors (Lipinski definition) is 6. The maximum absolute atomic E-state index is 11.9. The largest absolute Gasteiger partial charge is 0.493 e. The van der Waals surface area contributed by atoms with Crippen molar-refractivity contribution in [2.24, 2.45) is 5.73 Å². The first-order valence-corrected chi connectivity index (χ1v) is 8.22. The first kappa shape index (κ1) is 20.6. The molecule has 1 aromatic rings. The predicted molar refractivity (Wildman–Crippen MR) is 91.2 cm³/mol. The fraction of sp³-hybridized carbons (Fsp3) is 0.529. The number of rotatable bonds is 11. The normalized spacial score (nSPS) is 10.4. The van der Waals surface area contributed by atoms with Gasteiger partial charge in [0.15, 0.2) is 11.5 Å². The molecule has 0 radical (unpaired) electrons. The lowest BCUT2D eigenvalue weighted by atomic mass is 9.95. The number of carboxylic acid groups (broad SMARTS) is 2. The summed E-state index contributed by atoms with van der Waals surface area (Å²) in [6.07, 6.45) is 0.721. The number of nitrogens with two attached hydrogens (primary N) is 1. The van der Waals surface area contributed by atoms with Gasteiger partial charge in [0, 0.05) is 5.56 Å². The van der Waals surface area contributed by atoms with Gasteiger partial charge in [0.25, 0.3) is 0 Å². The van der Waals surface area contributed by atoms with Gasteiger partial charge in [-0.25, -0.2) is 9.59 Å². The highest BCUT2D eigenvalue weighted by Gasteiger charge is 2.33. The van der Waals surface area contributed by atoms with Crippen LogP contribution in [0.15, 0.2) is 0 Å². The Bertz CT molecular complexity index is 628. The summed E-state index contributed by atoms with van der Waals surface area (Å²) in [6, 6.07) is 0. The van der Waals surface area contributed by atoms with E-state index in [1.54, 1.807) is 20.8 Å². The molecule has 0 amide bonds. The molecule has 0 unspecified atom stereocenters. The zero-order valence-electron chi connectivity index (χ0n) is 14.8. The molecule has 0 saturated carbocycles. The maximum atomic E-state index is 11.9. The van der Waals surface area contributed by atoms with Gasteiger partial charge >= 0.3 is 11.9 Å². The van der Waals surface area contributed by atoms with Crippen molar-refractivity contribution in [2.45, 2.75) is 33.6 Å². The maximum Gasteiger partial charge on any atom is 0.343 e. The van der Waals surface area contributed by atoms with Crippen LogP contribution in [0.2, 0.25) is 0 Å². The molecule has 0 aliphatic rings. The monoisotopic (exact) mass is 355 g/mol. The first-order chi connectivity index (χ1) is 11.9. The van der Waals surface area contributed by atoms with E-state index >= 15 is 0 Å². The summed E-state index contributed by atoms with van der Waals surface area (Å²) in [5.74, 6) is -2.75. The van der Waals surface area contributed by atoms with Gasteiger partial charge in [0.05, 0.1) is 19.8 Å². The molecule has 8 heteroatoms. The lowest BCUT2D eigenvalue weighted by molar-refractivity contribution is 0.0666. The summed E-state index contributed by atoms with van der Waals surface area (Å²) in [5.41, 5.74) is 5.41. The van der Waals surface area contributed by atoms with E-state index in [0.717, 1.165) is 0 Å². The van der Waals surface area contributed by atoms with Crippen LogP contribution in [0.25, 0.3) is 0 Å². The highest BCUT2D eigenvalue weighted by Crippen LogP contribution is 2.45. The molecule has 1 aromatic carbocycles. The smallest absolute Gasteiger partial charge is 0.343 e. The minimum absolute atomic E-state index is 0.00671. The Kier molecular flexibility index (Phi) is 8.00. The van der Waals surface area contributed by atoms with Gasteiger partial charge in [-0.3, -0.25) is 0 Å². The average Bonchev–Trinajstić information content (AvgIpc) is 2.55. The van der Waals surface area contributed by atoms with Gasteiger partial charge < -0.3 is 30.2 Å². The van der Waals surface area contributed by atoms with Gasteiger partial charge in [0.1, 0.15) is 16.9 Å². The van der Waals surface area contributed by atoms with Crippen molar-refractivity contribution in [1.29, 1.82) is 0 Å². The van der Waals surface area contributed by atoms with Crippen LogP contribution in [0.4, 0.5) is 0 Å². The average molecular weight is 355 g/mol. The SMILES string of the molecule is CCOc1c(OCC)c(C(=O)O)c(OCC)c(CCCN)c1C(=O)O. The molecule has 0 bridgehead atoms. The topological polar surface area (TPSA) is 128 Å². The minimum atomic E-state index is -1.28. The molecule has 25 heavy (non-hydrogen) atoms. The molecule has 0 aromatic heterocycles. The third-order valence-corrected chi connectivity index (χ3v) is 3.39. The molecular formula is C17H25NO7. The van der Waals surface area contributed by atoms with Crippen molar-refractivity contribution in [3.8, 4) is 17.2 Å². The van der Waals surface area contributed by atoms with E-state index in [4.69, 9.17) is 19.9 Å². The minimum Gasteiger partial charge on any atom is -0.493 e. The summed E-state index contributed by atoms with van der Waals surface area (Å²) in [7, 11) is 0. The molecule has 0 heterocycles. The Hall–Kier alpha value is -2.48. The van der Waals surface area contributed by atoms with Gasteiger partial charge in [-0.15, -0.1) is 0 Å². The highest BCUT2D eigenvalue weighted by molar-refractivity contribution is 6.02. The van der Waals surface area contributed by atoms with Gasteiger partial charge in [-0.2, -0.15) is 0 Å². The van der Waals surface area contributed by atoms with Crippen LogP contribution in [0.5, 0.6) is 17.2 Å². The molecule has 1 rings (SSSR count). The third-order valence-electron chi connectivity index (χ3n) is 3.39. The molecule has 0 aliphatic heterocycles. The van der Waals surface area contributed by atoms with E-state index in [-0.39, 0.29) is 60.2 Å². The summed E-state index contributed by atoms with van der Waals surface area (Å²) >= 11 is 0. The quantitative estimate of drug-likeness (QED) is 0.551. The number of aromatic carboxylic acids is 2. The molecule has 0 aliphatic carbocycles. The first-order valence-electron chi connectivity index (χ1n) is 8.22. The van der Waals surface area contributed by atoms with Crippen LogP contribution >= 0.6 is 0 Å². The van der Waals surface area contributed by atoms with E-state index in [9.17, 15) is 19.8 Å². The van der Waals surface area contributed by atoms with Crippen LogP contribution in [-0.2, 0) is 6.42 Å². The fourth-order valence-corrected chi connectivity index (χ4v) is 2.54. The van der Waals surface area contributed by atoms with Crippen LogP contribution in [0.1, 0.15) is 53.5 Å². The number of hydrogen-bond donors (Lipinski definition) is 3. The highest BCUT2D eigenvalue weighted by atomic mass is 16.5. The van der Waals surface area contributed by atoms with Crippen LogP contribution < -0.4 is 19.9 Å². The van der Waals surface area contributed by atoms with Crippen molar-refractivity contribution >= 4 is 11.9 Å². The van der Waals surface area contributed by atoms with Crippen LogP contribution in [0, 0.1) is 0 Å². The van der Waals surface area contributed by atoms with Crippen molar-refractivity contribution in [1.82, 2.24) is 0 Å². The summed E-state index contributed by atoms with van der Waals surface area (Å²) in [6.45, 7) is 5.84. The number of carboxylic acids is 2. The Morgan fingerprint density at radius 3 is 1.68 bits per heavy atom. The molecule has 4 N–H and O–H groups in total. The molecular weight excluding hydrogens is 330 g/mol. The van der Waals surface area contributed by atoms with Crippen LogP contribution in [0.3, 0.4) is 0 Å². The fourth-order valence-electron chi connectivity index (χ4n) is 2.54. The Morgan fingerprint density at radius 2 is 1.28 bits per heavy atom. The standard InChI is InChI=1S/C17H25NO7/c1-4-23-13-10(8-7-9-18)11(16(19)20)14(24-5-2)15(25-6-3)12(13)17(21)22/h4-9,18H2,1-3H3,(H,19,20)(H,21,22). The number of benzene rings is 1. The number of carbonyl (C=O) groups is 2. The zero-order chi connectivity index (χ0) is 19.0. The Balaban J connectivity index is 3.93. The van der Waals surface area contributed by atoms with Crippen LogP contribution in [-0.4, -0.2) is 48.5 Å². The summed E-state index contributed by atoms with van der Waals surface area (Å²) < 4.78 is 16.4. The van der Waals surface area contributed by atoms with E-state index in [1.165, 1.54) is 0 Å². The van der Waals surface area contributed by atoms with E-state index < -0.39 is 11.9 Å². The van der Waals surface area contributed by atoms with Gasteiger partial charge in [0.2, 0.25) is 0 Å². The molecule has 140 valence electrons. The summed E-state index contributed by atoms with van der Waals surface area (Å²) in [4.78, 5) is 23.8. The van der Waals surface area contributed by atoms with E-state index in [2.05, 4.69) is 0 Å². The molecule has 0 fully saturated rings. The van der Waals surface area contributed by atoms with Crippen molar-refractivity contribution in [2.75, 3.05) is 26.4 Å². The summed E-state index contributed by atoms with van der Waals surface area (Å²) in [5, 5.41) is 19.4. The van der Waals surface area contributed by atoms with Crippen molar-refractivity contribution in [3.63, 3.8) is 0 Å². The molecule has 8 nitrogen and oxygen atoms in total. The second-order valence-electron chi connectivity index (χ2n) is 5.02. The van der Waals surface area contributed by atoms with E-state index in [0.29, 0.717) is 13.0 Å². The second-order valence-corrected chi connectivity index (χ2v) is 5.02. The Morgan fingerprint density at radius 1 is 0.840 bits per heavy atom. The van der Waals surface area contributed by atoms with Crippen molar-refractivity contribution < 1.29 is 34.0 Å². The Labute approximate surface area is 146 Å². The van der Waals surface area contributed by atoms with E-state index in [1.807, 2.05) is 0 Å². The van der Waals surface area contributed by atoms with Gasteiger partial charge in [-0.1, -0.05) is 0 Å². The molecule has 0 spiro atoms. The predicted octanol–water partition coefficient (Wildman–Crippen LogP) is 2.17. The third kappa shape index (κ3) is 4.54. The number of ether oxygens (including phenoxy) is 3. The second kappa shape index (κ2) is 9.73. The lowest BCUT2D eigenvalue weighted by Crippen LogP contribution is -2.17. The van der Waals surface area contributed by atoms with Crippen molar-refractivity contribution in [3.05, 3.63) is 16.7 Å². The molecule has 0 saturated heterocycles. The van der Waals surface area contributed by atoms with Gasteiger partial charge in [-0.05, 0) is 40.2 Å². The zero-order valence-corrected chi connectivity index (χ0v) is 14.8. The molecule has 0 atom stereocenters. The lowest BCUT2D eigenvalue weighted by Gasteiger charge is -2.22.